The van der Waals surface area contributed by atoms with Gasteiger partial charge in [-0.15, -0.1) is 0 Å². The fourth-order valence-electron chi connectivity index (χ4n) is 2.33. The van der Waals surface area contributed by atoms with Crippen molar-refractivity contribution in [3.63, 3.8) is 0 Å². The molecule has 0 radical (unpaired) electrons. The number of rotatable bonds is 5. The summed E-state index contributed by atoms with van der Waals surface area (Å²) in [6.07, 6.45) is 2.19. The molecule has 1 saturated heterocycles. The van der Waals surface area contributed by atoms with Crippen LogP contribution < -0.4 is 4.90 Å². The summed E-state index contributed by atoms with van der Waals surface area (Å²) in [5.74, 6) is 1.08. The van der Waals surface area contributed by atoms with E-state index in [9.17, 15) is 4.79 Å². The summed E-state index contributed by atoms with van der Waals surface area (Å²) in [6.45, 7) is 4.41. The molecule has 0 saturated carbocycles. The first-order valence-electron chi connectivity index (χ1n) is 7.20. The molecule has 2 heterocycles. The van der Waals surface area contributed by atoms with Crippen LogP contribution in [0.15, 0.2) is 24.4 Å². The molecule has 1 fully saturated rings. The minimum atomic E-state index is 0.0801. The third kappa shape index (κ3) is 4.43. The molecule has 0 unspecified atom stereocenters. The number of pyridine rings is 1. The Labute approximate surface area is 125 Å². The van der Waals surface area contributed by atoms with Crippen molar-refractivity contribution in [3.05, 3.63) is 24.4 Å². The molecular formula is C15H21N5O. The van der Waals surface area contributed by atoms with E-state index in [0.717, 1.165) is 32.0 Å². The lowest BCUT2D eigenvalue weighted by molar-refractivity contribution is -0.131. The molecule has 0 aromatic carbocycles. The zero-order chi connectivity index (χ0) is 15.1. The van der Waals surface area contributed by atoms with Gasteiger partial charge in [-0.25, -0.2) is 4.98 Å². The topological polar surface area (TPSA) is 63.5 Å². The minimum Gasteiger partial charge on any atom is -0.354 e. The Morgan fingerprint density at radius 2 is 2.14 bits per heavy atom. The van der Waals surface area contributed by atoms with Gasteiger partial charge in [0.05, 0.1) is 19.0 Å². The second-order valence-corrected chi connectivity index (χ2v) is 5.17. The Morgan fingerprint density at radius 3 is 2.76 bits per heavy atom. The van der Waals surface area contributed by atoms with Crippen LogP contribution in [0.5, 0.6) is 0 Å². The minimum absolute atomic E-state index is 0.0801. The fraction of sp³-hybridized carbons (Fsp3) is 0.533. The zero-order valence-electron chi connectivity index (χ0n) is 12.4. The number of likely N-dealkylation sites (N-methyl/N-ethyl adjacent to an activating group) is 1. The van der Waals surface area contributed by atoms with Gasteiger partial charge in [0.25, 0.3) is 0 Å². The van der Waals surface area contributed by atoms with Crippen LogP contribution in [0.3, 0.4) is 0 Å². The van der Waals surface area contributed by atoms with Crippen molar-refractivity contribution in [1.29, 1.82) is 5.26 Å². The van der Waals surface area contributed by atoms with Crippen molar-refractivity contribution in [1.82, 2.24) is 14.8 Å². The van der Waals surface area contributed by atoms with Crippen molar-refractivity contribution in [3.8, 4) is 6.07 Å². The molecule has 1 aromatic rings. The van der Waals surface area contributed by atoms with Gasteiger partial charge in [0.2, 0.25) is 5.91 Å². The maximum Gasteiger partial charge on any atom is 0.236 e. The summed E-state index contributed by atoms with van der Waals surface area (Å²) >= 11 is 0. The van der Waals surface area contributed by atoms with E-state index < -0.39 is 0 Å². The second-order valence-electron chi connectivity index (χ2n) is 5.17. The number of nitrogens with zero attached hydrogens (tertiary/aromatic N) is 5. The van der Waals surface area contributed by atoms with E-state index in [1.54, 1.807) is 18.1 Å². The van der Waals surface area contributed by atoms with Crippen molar-refractivity contribution >= 4 is 11.7 Å². The number of carbonyl (C=O) groups is 1. The molecule has 0 N–H and O–H groups in total. The molecule has 1 aromatic heterocycles. The largest absolute Gasteiger partial charge is 0.354 e. The smallest absolute Gasteiger partial charge is 0.236 e. The first kappa shape index (κ1) is 15.3. The van der Waals surface area contributed by atoms with Crippen LogP contribution in [-0.2, 0) is 4.79 Å². The first-order valence-corrected chi connectivity index (χ1v) is 7.20. The maximum atomic E-state index is 12.0. The highest BCUT2D eigenvalue weighted by Crippen LogP contribution is 2.12. The zero-order valence-corrected chi connectivity index (χ0v) is 12.4. The Kier molecular flexibility index (Phi) is 5.52. The van der Waals surface area contributed by atoms with Crippen LogP contribution in [0.1, 0.15) is 6.42 Å². The predicted octanol–water partition coefficient (Wildman–Crippen LogP) is 0.576. The molecule has 1 aliphatic rings. The van der Waals surface area contributed by atoms with E-state index in [0.29, 0.717) is 19.5 Å². The molecule has 21 heavy (non-hydrogen) atoms. The van der Waals surface area contributed by atoms with Crippen LogP contribution in [0.4, 0.5) is 5.82 Å². The highest BCUT2D eigenvalue weighted by molar-refractivity contribution is 5.78. The first-order chi connectivity index (χ1) is 10.2. The number of hydrogen-bond acceptors (Lipinski definition) is 5. The number of nitriles is 1. The van der Waals surface area contributed by atoms with E-state index in [-0.39, 0.29) is 5.91 Å². The Morgan fingerprint density at radius 1 is 1.38 bits per heavy atom. The van der Waals surface area contributed by atoms with Crippen molar-refractivity contribution in [2.24, 2.45) is 0 Å². The lowest BCUT2D eigenvalue weighted by atomic mass is 10.3. The average molecular weight is 287 g/mol. The van der Waals surface area contributed by atoms with Gasteiger partial charge in [0.1, 0.15) is 5.82 Å². The SMILES string of the molecule is CN(CCC#N)C(=O)CN1CCN(c2ccccn2)CC1. The molecule has 0 spiro atoms. The van der Waals surface area contributed by atoms with Gasteiger partial charge >= 0.3 is 0 Å². The van der Waals surface area contributed by atoms with Crippen LogP contribution in [0.25, 0.3) is 0 Å². The molecule has 0 aliphatic carbocycles. The van der Waals surface area contributed by atoms with E-state index in [4.69, 9.17) is 5.26 Å². The molecule has 6 heteroatoms. The van der Waals surface area contributed by atoms with Crippen LogP contribution in [-0.4, -0.2) is 67.0 Å². The van der Waals surface area contributed by atoms with Gasteiger partial charge in [-0.1, -0.05) is 6.07 Å². The number of hydrogen-bond donors (Lipinski definition) is 0. The summed E-state index contributed by atoms with van der Waals surface area (Å²) in [7, 11) is 1.75. The normalized spacial score (nSPS) is 15.5. The van der Waals surface area contributed by atoms with Crippen LogP contribution in [0.2, 0.25) is 0 Å². The fourth-order valence-corrected chi connectivity index (χ4v) is 2.33. The summed E-state index contributed by atoms with van der Waals surface area (Å²) in [6, 6.07) is 7.97. The summed E-state index contributed by atoms with van der Waals surface area (Å²) in [5, 5.41) is 8.55. The molecule has 1 aliphatic heterocycles. The van der Waals surface area contributed by atoms with E-state index in [2.05, 4.69) is 20.9 Å². The van der Waals surface area contributed by atoms with Gasteiger partial charge < -0.3 is 9.80 Å². The third-order valence-corrected chi connectivity index (χ3v) is 3.69. The van der Waals surface area contributed by atoms with Crippen LogP contribution in [0, 0.1) is 11.3 Å². The summed E-state index contributed by atoms with van der Waals surface area (Å²) in [5.41, 5.74) is 0. The molecule has 112 valence electrons. The quantitative estimate of drug-likeness (QED) is 0.792. The van der Waals surface area contributed by atoms with E-state index >= 15 is 0 Å². The summed E-state index contributed by atoms with van der Waals surface area (Å²) < 4.78 is 0. The van der Waals surface area contributed by atoms with Crippen molar-refractivity contribution in [2.45, 2.75) is 6.42 Å². The number of anilines is 1. The maximum absolute atomic E-state index is 12.0. The standard InChI is InChI=1S/C15H21N5O/c1-18(8-4-6-16)15(21)13-19-9-11-20(12-10-19)14-5-2-3-7-17-14/h2-3,5,7H,4,8-13H2,1H3. The Bertz CT molecular complexity index is 491. The van der Waals surface area contributed by atoms with E-state index in [1.807, 2.05) is 18.2 Å². The van der Waals surface area contributed by atoms with Gasteiger partial charge in [-0.2, -0.15) is 5.26 Å². The highest BCUT2D eigenvalue weighted by atomic mass is 16.2. The second kappa shape index (κ2) is 7.60. The highest BCUT2D eigenvalue weighted by Gasteiger charge is 2.20. The van der Waals surface area contributed by atoms with Crippen molar-refractivity contribution < 1.29 is 4.79 Å². The van der Waals surface area contributed by atoms with E-state index in [1.165, 1.54) is 0 Å². The average Bonchev–Trinajstić information content (AvgIpc) is 2.54. The lowest BCUT2D eigenvalue weighted by Gasteiger charge is -2.35. The number of piperazine rings is 1. The molecule has 0 atom stereocenters. The van der Waals surface area contributed by atoms with Gasteiger partial charge in [0, 0.05) is 46.0 Å². The van der Waals surface area contributed by atoms with Gasteiger partial charge in [-0.3, -0.25) is 9.69 Å². The van der Waals surface area contributed by atoms with Gasteiger partial charge in [-0.05, 0) is 12.1 Å². The number of carbonyl (C=O) groups excluding carboxylic acids is 1. The molecule has 2 rings (SSSR count). The third-order valence-electron chi connectivity index (χ3n) is 3.69. The van der Waals surface area contributed by atoms with Crippen molar-refractivity contribution in [2.75, 3.05) is 51.2 Å². The number of aromatic nitrogens is 1. The molecule has 6 nitrogen and oxygen atoms in total. The monoisotopic (exact) mass is 287 g/mol. The Hall–Kier alpha value is -2.13. The lowest BCUT2D eigenvalue weighted by Crippen LogP contribution is -2.50. The molecule has 1 amide bonds. The number of amides is 1. The predicted molar refractivity (Wildman–Crippen MR) is 80.8 cm³/mol. The van der Waals surface area contributed by atoms with Crippen LogP contribution >= 0.6 is 0 Å². The van der Waals surface area contributed by atoms with Gasteiger partial charge in [0.15, 0.2) is 0 Å². The summed E-state index contributed by atoms with van der Waals surface area (Å²) in [4.78, 5) is 22.4. The molecular weight excluding hydrogens is 266 g/mol. The molecule has 0 bridgehead atoms. The Balaban J connectivity index is 1.77.